The van der Waals surface area contributed by atoms with E-state index >= 15 is 0 Å². The molecule has 0 amide bonds. The van der Waals surface area contributed by atoms with E-state index in [9.17, 15) is 13.6 Å². The highest BCUT2D eigenvalue weighted by Gasteiger charge is 2.17. The molecule has 5 heteroatoms. The Hall–Kier alpha value is -1.65. The number of H-pyrrole nitrogens is 1. The predicted octanol–water partition coefficient (Wildman–Crippen LogP) is 3.75. The molecular weight excluding hydrogens is 250 g/mol. The van der Waals surface area contributed by atoms with E-state index in [-0.39, 0.29) is 11.7 Å². The molecule has 0 spiro atoms. The summed E-state index contributed by atoms with van der Waals surface area (Å²) >= 11 is 0. The molecule has 104 valence electrons. The Morgan fingerprint density at radius 1 is 1.16 bits per heavy atom. The van der Waals surface area contributed by atoms with E-state index in [0.717, 1.165) is 37.8 Å². The van der Waals surface area contributed by atoms with Crippen molar-refractivity contribution in [2.24, 2.45) is 0 Å². The minimum Gasteiger partial charge on any atom is -0.305 e. The fraction of sp³-hybridized carbons (Fsp3) is 0.500. The molecule has 0 bridgehead atoms. The molecule has 2 aromatic rings. The molecule has 0 saturated carbocycles. The number of nitrogens with zero attached hydrogens (tertiary/aromatic N) is 1. The maximum absolute atomic E-state index is 13.4. The predicted molar refractivity (Wildman–Crippen MR) is 71.3 cm³/mol. The van der Waals surface area contributed by atoms with Crippen LogP contribution in [0.15, 0.2) is 16.9 Å². The number of aromatic nitrogens is 2. The van der Waals surface area contributed by atoms with Crippen molar-refractivity contribution in [1.29, 1.82) is 0 Å². The molecule has 0 aliphatic carbocycles. The number of halogens is 2. The lowest BCUT2D eigenvalue weighted by atomic mass is 10.1. The van der Waals surface area contributed by atoms with Crippen LogP contribution in [0.1, 0.15) is 45.6 Å². The van der Waals surface area contributed by atoms with Crippen LogP contribution >= 0.6 is 0 Å². The second-order valence-corrected chi connectivity index (χ2v) is 4.81. The number of fused-ring (bicyclic) bond motifs is 1. The van der Waals surface area contributed by atoms with Gasteiger partial charge in [0.05, 0.1) is 11.0 Å². The van der Waals surface area contributed by atoms with Crippen LogP contribution in [0.2, 0.25) is 0 Å². The first kappa shape index (κ1) is 13.8. The molecule has 0 aliphatic rings. The zero-order valence-electron chi connectivity index (χ0n) is 11.2. The summed E-state index contributed by atoms with van der Waals surface area (Å²) in [6.07, 6.45) is 3.57. The van der Waals surface area contributed by atoms with Gasteiger partial charge in [0, 0.05) is 18.2 Å². The maximum Gasteiger partial charge on any atom is 0.326 e. The quantitative estimate of drug-likeness (QED) is 0.881. The van der Waals surface area contributed by atoms with Gasteiger partial charge in [-0.25, -0.2) is 13.6 Å². The standard InChI is InChI=1S/C14H18F2N2O/c1-3-5-9(6-4-2)18-13-8-11(16)10(15)7-12(13)17-14(18)19/h7-9H,3-6H2,1-2H3,(H,17,19). The van der Waals surface area contributed by atoms with Crippen molar-refractivity contribution in [3.63, 3.8) is 0 Å². The van der Waals surface area contributed by atoms with Gasteiger partial charge in [0.15, 0.2) is 11.6 Å². The number of benzene rings is 1. The summed E-state index contributed by atoms with van der Waals surface area (Å²) < 4.78 is 28.1. The number of hydrogen-bond acceptors (Lipinski definition) is 1. The van der Waals surface area contributed by atoms with Crippen molar-refractivity contribution in [2.75, 3.05) is 0 Å². The van der Waals surface area contributed by atoms with E-state index in [1.807, 2.05) is 13.8 Å². The summed E-state index contributed by atoms with van der Waals surface area (Å²) in [7, 11) is 0. The first-order chi connectivity index (χ1) is 9.08. The molecule has 0 saturated heterocycles. The van der Waals surface area contributed by atoms with Gasteiger partial charge in [-0.3, -0.25) is 4.57 Å². The lowest BCUT2D eigenvalue weighted by molar-refractivity contribution is 0.426. The average Bonchev–Trinajstić information content (AvgIpc) is 2.65. The topological polar surface area (TPSA) is 37.8 Å². The Morgan fingerprint density at radius 3 is 2.32 bits per heavy atom. The van der Waals surface area contributed by atoms with Gasteiger partial charge in [0.2, 0.25) is 0 Å². The third-order valence-electron chi connectivity index (χ3n) is 3.37. The minimum atomic E-state index is -0.941. The van der Waals surface area contributed by atoms with E-state index in [2.05, 4.69) is 4.98 Å². The van der Waals surface area contributed by atoms with Gasteiger partial charge in [0.1, 0.15) is 0 Å². The first-order valence-electron chi connectivity index (χ1n) is 6.67. The fourth-order valence-corrected chi connectivity index (χ4v) is 2.55. The molecule has 0 unspecified atom stereocenters. The number of rotatable bonds is 5. The molecule has 1 aromatic carbocycles. The Labute approximate surface area is 110 Å². The summed E-state index contributed by atoms with van der Waals surface area (Å²) in [5.74, 6) is -1.87. The Balaban J connectivity index is 2.60. The number of aromatic amines is 1. The van der Waals surface area contributed by atoms with Crippen LogP contribution in [0.25, 0.3) is 11.0 Å². The van der Waals surface area contributed by atoms with Gasteiger partial charge in [-0.15, -0.1) is 0 Å². The molecule has 1 heterocycles. The maximum atomic E-state index is 13.4. The smallest absolute Gasteiger partial charge is 0.305 e. The van der Waals surface area contributed by atoms with E-state index in [4.69, 9.17) is 0 Å². The zero-order chi connectivity index (χ0) is 14.0. The molecule has 19 heavy (non-hydrogen) atoms. The van der Waals surface area contributed by atoms with Crippen LogP contribution < -0.4 is 5.69 Å². The van der Waals surface area contributed by atoms with Gasteiger partial charge in [-0.05, 0) is 12.8 Å². The molecule has 3 nitrogen and oxygen atoms in total. The summed E-state index contributed by atoms with van der Waals surface area (Å²) in [6, 6.07) is 2.17. The van der Waals surface area contributed by atoms with Crippen molar-refractivity contribution in [3.8, 4) is 0 Å². The van der Waals surface area contributed by atoms with Crippen LogP contribution in [-0.2, 0) is 0 Å². The fourth-order valence-electron chi connectivity index (χ4n) is 2.55. The van der Waals surface area contributed by atoms with Crippen molar-refractivity contribution in [2.45, 2.75) is 45.6 Å². The lowest BCUT2D eigenvalue weighted by Gasteiger charge is -2.17. The molecule has 1 N–H and O–H groups in total. The number of nitrogens with one attached hydrogen (secondary N) is 1. The largest absolute Gasteiger partial charge is 0.326 e. The molecule has 0 aliphatic heterocycles. The third kappa shape index (κ3) is 2.55. The zero-order valence-corrected chi connectivity index (χ0v) is 11.2. The van der Waals surface area contributed by atoms with Crippen molar-refractivity contribution >= 4 is 11.0 Å². The molecule has 2 rings (SSSR count). The highest BCUT2D eigenvalue weighted by atomic mass is 19.2. The number of imidazole rings is 1. The van der Waals surface area contributed by atoms with E-state index in [1.165, 1.54) is 0 Å². The monoisotopic (exact) mass is 268 g/mol. The van der Waals surface area contributed by atoms with E-state index in [0.29, 0.717) is 11.0 Å². The summed E-state index contributed by atoms with van der Waals surface area (Å²) in [4.78, 5) is 14.6. The highest BCUT2D eigenvalue weighted by molar-refractivity contribution is 5.75. The lowest BCUT2D eigenvalue weighted by Crippen LogP contribution is -2.22. The third-order valence-corrected chi connectivity index (χ3v) is 3.37. The van der Waals surface area contributed by atoms with Crippen molar-refractivity contribution < 1.29 is 8.78 Å². The Bertz CT molecular complexity index is 624. The SMILES string of the molecule is CCCC(CCC)n1c(=O)[nH]c2cc(F)c(F)cc21. The number of hydrogen-bond donors (Lipinski definition) is 1. The molecule has 0 fully saturated rings. The molecule has 1 aromatic heterocycles. The van der Waals surface area contributed by atoms with E-state index in [1.54, 1.807) is 4.57 Å². The summed E-state index contributed by atoms with van der Waals surface area (Å²) in [6.45, 7) is 4.09. The van der Waals surface area contributed by atoms with Crippen LogP contribution in [-0.4, -0.2) is 9.55 Å². The normalized spacial score (nSPS) is 11.6. The van der Waals surface area contributed by atoms with Gasteiger partial charge in [-0.1, -0.05) is 26.7 Å². The van der Waals surface area contributed by atoms with Gasteiger partial charge >= 0.3 is 5.69 Å². The Kier molecular flexibility index (Phi) is 4.02. The van der Waals surface area contributed by atoms with E-state index < -0.39 is 11.6 Å². The summed E-state index contributed by atoms with van der Waals surface area (Å²) in [5, 5.41) is 0. The Morgan fingerprint density at radius 2 is 1.74 bits per heavy atom. The van der Waals surface area contributed by atoms with Crippen LogP contribution in [0.3, 0.4) is 0 Å². The average molecular weight is 268 g/mol. The minimum absolute atomic E-state index is 0.0288. The van der Waals surface area contributed by atoms with Crippen LogP contribution in [0, 0.1) is 11.6 Å². The molecular formula is C14H18F2N2O. The van der Waals surface area contributed by atoms with Gasteiger partial charge < -0.3 is 4.98 Å². The van der Waals surface area contributed by atoms with Crippen LogP contribution in [0.4, 0.5) is 8.78 Å². The van der Waals surface area contributed by atoms with Crippen molar-refractivity contribution in [1.82, 2.24) is 9.55 Å². The summed E-state index contributed by atoms with van der Waals surface area (Å²) in [5.41, 5.74) is 0.490. The molecule has 0 radical (unpaired) electrons. The van der Waals surface area contributed by atoms with Crippen molar-refractivity contribution in [3.05, 3.63) is 34.3 Å². The molecule has 0 atom stereocenters. The second-order valence-electron chi connectivity index (χ2n) is 4.81. The van der Waals surface area contributed by atoms with Gasteiger partial charge in [0.25, 0.3) is 0 Å². The second kappa shape index (κ2) is 5.55. The highest BCUT2D eigenvalue weighted by Crippen LogP contribution is 2.24. The van der Waals surface area contributed by atoms with Gasteiger partial charge in [-0.2, -0.15) is 0 Å². The first-order valence-corrected chi connectivity index (χ1v) is 6.67. The van der Waals surface area contributed by atoms with Crippen LogP contribution in [0.5, 0.6) is 0 Å².